The number of hydrogen-bond acceptors (Lipinski definition) is 3. The minimum absolute atomic E-state index is 0.485. The lowest BCUT2D eigenvalue weighted by Gasteiger charge is -2.16. The second-order valence-corrected chi connectivity index (χ2v) is 4.21. The van der Waals surface area contributed by atoms with E-state index in [4.69, 9.17) is 4.74 Å². The predicted molar refractivity (Wildman–Crippen MR) is 59.6 cm³/mol. The molecule has 1 aliphatic rings. The average molecular weight is 200 g/mol. The largest absolute Gasteiger partial charge is 0.383 e. The molecule has 0 amide bonds. The Hall–Kier alpha value is -0.120. The summed E-state index contributed by atoms with van der Waals surface area (Å²) in [7, 11) is 1.75. The normalized spacial score (nSPS) is 20.1. The maximum Gasteiger partial charge on any atom is 0.0613 e. The van der Waals surface area contributed by atoms with E-state index >= 15 is 0 Å². The molecule has 0 bridgehead atoms. The molecule has 0 aromatic carbocycles. The summed E-state index contributed by atoms with van der Waals surface area (Å²) >= 11 is 0. The molecule has 84 valence electrons. The zero-order valence-electron chi connectivity index (χ0n) is 9.59. The molecule has 1 aliphatic heterocycles. The van der Waals surface area contributed by atoms with Crippen molar-refractivity contribution in [3.05, 3.63) is 0 Å². The molecular weight excluding hydrogens is 176 g/mol. The fraction of sp³-hybridized carbons (Fsp3) is 1.00. The first-order chi connectivity index (χ1) is 6.83. The van der Waals surface area contributed by atoms with E-state index in [9.17, 15) is 0 Å². The van der Waals surface area contributed by atoms with Gasteiger partial charge in [-0.1, -0.05) is 0 Å². The second-order valence-electron chi connectivity index (χ2n) is 4.21. The zero-order chi connectivity index (χ0) is 10.2. The monoisotopic (exact) mass is 200 g/mol. The minimum atomic E-state index is 0.485. The topological polar surface area (TPSA) is 24.5 Å². The van der Waals surface area contributed by atoms with Crippen molar-refractivity contribution in [2.24, 2.45) is 0 Å². The van der Waals surface area contributed by atoms with Crippen LogP contribution in [0.5, 0.6) is 0 Å². The zero-order valence-corrected chi connectivity index (χ0v) is 9.59. The van der Waals surface area contributed by atoms with Gasteiger partial charge in [-0.25, -0.2) is 0 Å². The number of likely N-dealkylation sites (tertiary alicyclic amines) is 1. The fourth-order valence-electron chi connectivity index (χ4n) is 1.97. The van der Waals surface area contributed by atoms with Crippen molar-refractivity contribution in [1.29, 1.82) is 0 Å². The van der Waals surface area contributed by atoms with Gasteiger partial charge >= 0.3 is 0 Å². The highest BCUT2D eigenvalue weighted by Gasteiger charge is 2.10. The molecule has 1 saturated heterocycles. The molecule has 1 heterocycles. The summed E-state index contributed by atoms with van der Waals surface area (Å²) in [5.41, 5.74) is 0. The van der Waals surface area contributed by atoms with Gasteiger partial charge in [-0.2, -0.15) is 0 Å². The Morgan fingerprint density at radius 1 is 1.36 bits per heavy atom. The first-order valence-electron chi connectivity index (χ1n) is 5.77. The van der Waals surface area contributed by atoms with Crippen molar-refractivity contribution in [2.75, 3.05) is 39.9 Å². The van der Waals surface area contributed by atoms with Crippen LogP contribution in [0.3, 0.4) is 0 Å². The molecule has 0 aromatic heterocycles. The molecule has 0 spiro atoms. The summed E-state index contributed by atoms with van der Waals surface area (Å²) in [4.78, 5) is 2.56. The third-order valence-corrected chi connectivity index (χ3v) is 2.76. The smallest absolute Gasteiger partial charge is 0.0613 e. The number of methoxy groups -OCH3 is 1. The lowest BCUT2D eigenvalue weighted by Crippen LogP contribution is -2.32. The SMILES string of the molecule is COCC(C)NCCCN1CCCC1. The van der Waals surface area contributed by atoms with Gasteiger partial charge in [0.15, 0.2) is 0 Å². The van der Waals surface area contributed by atoms with E-state index in [0.29, 0.717) is 6.04 Å². The van der Waals surface area contributed by atoms with E-state index in [1.807, 2.05) is 0 Å². The Labute approximate surface area is 87.8 Å². The van der Waals surface area contributed by atoms with Crippen molar-refractivity contribution in [1.82, 2.24) is 10.2 Å². The Bertz CT molecular complexity index is 135. The Morgan fingerprint density at radius 3 is 2.71 bits per heavy atom. The van der Waals surface area contributed by atoms with Gasteiger partial charge in [0.1, 0.15) is 0 Å². The predicted octanol–water partition coefficient (Wildman–Crippen LogP) is 1.10. The van der Waals surface area contributed by atoms with Gasteiger partial charge in [0.05, 0.1) is 6.61 Å². The summed E-state index contributed by atoms with van der Waals surface area (Å²) in [6.45, 7) is 7.97. The van der Waals surface area contributed by atoms with Crippen LogP contribution in [-0.4, -0.2) is 50.8 Å². The molecular formula is C11H24N2O. The number of nitrogens with one attached hydrogen (secondary N) is 1. The standard InChI is InChI=1S/C11H24N2O/c1-11(10-14-2)12-6-5-9-13-7-3-4-8-13/h11-12H,3-10H2,1-2H3. The van der Waals surface area contributed by atoms with Gasteiger partial charge < -0.3 is 15.0 Å². The van der Waals surface area contributed by atoms with E-state index in [1.54, 1.807) is 7.11 Å². The maximum absolute atomic E-state index is 5.06. The van der Waals surface area contributed by atoms with Crippen LogP contribution < -0.4 is 5.32 Å². The van der Waals surface area contributed by atoms with Crippen LogP contribution in [-0.2, 0) is 4.74 Å². The molecule has 1 atom stereocenters. The molecule has 3 heteroatoms. The fourth-order valence-corrected chi connectivity index (χ4v) is 1.97. The molecule has 1 unspecified atom stereocenters. The maximum atomic E-state index is 5.06. The molecule has 0 radical (unpaired) electrons. The summed E-state index contributed by atoms with van der Waals surface area (Å²) < 4.78 is 5.06. The number of rotatable bonds is 7. The van der Waals surface area contributed by atoms with Crippen LogP contribution in [0.25, 0.3) is 0 Å². The van der Waals surface area contributed by atoms with E-state index in [1.165, 1.54) is 38.9 Å². The molecule has 0 aliphatic carbocycles. The van der Waals surface area contributed by atoms with Crippen LogP contribution >= 0.6 is 0 Å². The highest BCUT2D eigenvalue weighted by Crippen LogP contribution is 2.06. The van der Waals surface area contributed by atoms with Crippen LogP contribution in [0.1, 0.15) is 26.2 Å². The van der Waals surface area contributed by atoms with Crippen molar-refractivity contribution in [2.45, 2.75) is 32.2 Å². The lowest BCUT2D eigenvalue weighted by molar-refractivity contribution is 0.171. The van der Waals surface area contributed by atoms with Crippen molar-refractivity contribution >= 4 is 0 Å². The number of hydrogen-bond donors (Lipinski definition) is 1. The molecule has 0 saturated carbocycles. The number of nitrogens with zero attached hydrogens (tertiary/aromatic N) is 1. The molecule has 0 aromatic rings. The van der Waals surface area contributed by atoms with E-state index < -0.39 is 0 Å². The van der Waals surface area contributed by atoms with Gasteiger partial charge in [0.25, 0.3) is 0 Å². The van der Waals surface area contributed by atoms with Crippen LogP contribution in [0, 0.1) is 0 Å². The second kappa shape index (κ2) is 7.21. The molecule has 1 rings (SSSR count). The summed E-state index contributed by atoms with van der Waals surface area (Å²) in [6, 6.07) is 0.485. The Balaban J connectivity index is 1.88. The molecule has 1 N–H and O–H groups in total. The Kier molecular flexibility index (Phi) is 6.15. The third kappa shape index (κ3) is 4.94. The first kappa shape index (κ1) is 12.0. The van der Waals surface area contributed by atoms with E-state index in [-0.39, 0.29) is 0 Å². The average Bonchev–Trinajstić information content (AvgIpc) is 2.65. The Morgan fingerprint density at radius 2 is 2.07 bits per heavy atom. The van der Waals surface area contributed by atoms with Gasteiger partial charge in [-0.05, 0) is 52.4 Å². The third-order valence-electron chi connectivity index (χ3n) is 2.76. The number of ether oxygens (including phenoxy) is 1. The molecule has 14 heavy (non-hydrogen) atoms. The highest BCUT2D eigenvalue weighted by molar-refractivity contribution is 4.67. The van der Waals surface area contributed by atoms with Crippen LogP contribution in [0.15, 0.2) is 0 Å². The summed E-state index contributed by atoms with van der Waals surface area (Å²) in [5.74, 6) is 0. The molecule has 1 fully saturated rings. The van der Waals surface area contributed by atoms with E-state index in [2.05, 4.69) is 17.1 Å². The first-order valence-corrected chi connectivity index (χ1v) is 5.77. The van der Waals surface area contributed by atoms with Gasteiger partial charge in [0.2, 0.25) is 0 Å². The summed E-state index contributed by atoms with van der Waals surface area (Å²) in [5, 5.41) is 3.46. The van der Waals surface area contributed by atoms with Gasteiger partial charge in [-0.3, -0.25) is 0 Å². The quantitative estimate of drug-likeness (QED) is 0.623. The lowest BCUT2D eigenvalue weighted by atomic mass is 10.3. The van der Waals surface area contributed by atoms with Crippen molar-refractivity contribution in [3.8, 4) is 0 Å². The van der Waals surface area contributed by atoms with Crippen LogP contribution in [0.2, 0.25) is 0 Å². The van der Waals surface area contributed by atoms with Crippen LogP contribution in [0.4, 0.5) is 0 Å². The summed E-state index contributed by atoms with van der Waals surface area (Å²) in [6.07, 6.45) is 4.05. The van der Waals surface area contributed by atoms with Gasteiger partial charge in [0, 0.05) is 13.2 Å². The highest BCUT2D eigenvalue weighted by atomic mass is 16.5. The van der Waals surface area contributed by atoms with Crippen molar-refractivity contribution < 1.29 is 4.74 Å². The molecule has 3 nitrogen and oxygen atoms in total. The van der Waals surface area contributed by atoms with Crippen molar-refractivity contribution in [3.63, 3.8) is 0 Å². The van der Waals surface area contributed by atoms with E-state index in [0.717, 1.165) is 13.2 Å². The minimum Gasteiger partial charge on any atom is -0.383 e. The van der Waals surface area contributed by atoms with Gasteiger partial charge in [-0.15, -0.1) is 0 Å².